The molecule has 0 atom stereocenters. The summed E-state index contributed by atoms with van der Waals surface area (Å²) < 4.78 is 19.7. The van der Waals surface area contributed by atoms with Crippen LogP contribution in [0.15, 0.2) is 65.3 Å². The van der Waals surface area contributed by atoms with Gasteiger partial charge in [-0.15, -0.1) is 0 Å². The van der Waals surface area contributed by atoms with Crippen LogP contribution in [0.25, 0.3) is 10.2 Å². The lowest BCUT2D eigenvalue weighted by Gasteiger charge is -2.18. The summed E-state index contributed by atoms with van der Waals surface area (Å²) in [4.78, 5) is 19.3. The van der Waals surface area contributed by atoms with Crippen LogP contribution in [0.5, 0.6) is 0 Å². The van der Waals surface area contributed by atoms with Gasteiger partial charge in [-0.2, -0.15) is 0 Å². The van der Waals surface area contributed by atoms with Crippen LogP contribution in [0.2, 0.25) is 0 Å². The minimum Gasteiger partial charge on any atom is -0.467 e. The second kappa shape index (κ2) is 7.32. The number of furan rings is 1. The molecule has 0 fully saturated rings. The zero-order chi connectivity index (χ0) is 18.8. The predicted molar refractivity (Wildman–Crippen MR) is 105 cm³/mol. The second-order valence-electron chi connectivity index (χ2n) is 6.13. The number of amides is 1. The summed E-state index contributed by atoms with van der Waals surface area (Å²) in [5.74, 6) is 0.0244. The third kappa shape index (κ3) is 3.61. The van der Waals surface area contributed by atoms with E-state index in [-0.39, 0.29) is 18.3 Å². The van der Waals surface area contributed by atoms with Gasteiger partial charge >= 0.3 is 0 Å². The fourth-order valence-electron chi connectivity index (χ4n) is 2.83. The van der Waals surface area contributed by atoms with Crippen LogP contribution < -0.4 is 4.90 Å². The van der Waals surface area contributed by atoms with Gasteiger partial charge in [0.05, 0.1) is 23.0 Å². The number of hydrogen-bond acceptors (Lipinski definition) is 4. The van der Waals surface area contributed by atoms with Gasteiger partial charge < -0.3 is 4.42 Å². The Hall–Kier alpha value is -2.99. The fraction of sp³-hybridized carbons (Fsp3) is 0.143. The first-order valence-corrected chi connectivity index (χ1v) is 9.45. The van der Waals surface area contributed by atoms with E-state index >= 15 is 0 Å². The number of carbonyl (C=O) groups is 1. The van der Waals surface area contributed by atoms with E-state index in [2.05, 4.69) is 18.0 Å². The van der Waals surface area contributed by atoms with Crippen molar-refractivity contribution in [3.8, 4) is 0 Å². The molecule has 0 saturated carbocycles. The minimum absolute atomic E-state index is 0.249. The van der Waals surface area contributed by atoms with Crippen LogP contribution in [0, 0.1) is 5.82 Å². The standard InChI is InChI=1S/C21H17FN2O2S/c1-2-14-5-10-18-19(12-14)27-21(23-18)24(13-17-4-3-11-26-17)20(25)15-6-8-16(22)9-7-15/h3-12H,2,13H2,1H3. The van der Waals surface area contributed by atoms with Crippen LogP contribution in [-0.2, 0) is 13.0 Å². The summed E-state index contributed by atoms with van der Waals surface area (Å²) in [5.41, 5.74) is 2.47. The lowest BCUT2D eigenvalue weighted by atomic mass is 10.2. The van der Waals surface area contributed by atoms with Crippen molar-refractivity contribution < 1.29 is 13.6 Å². The highest BCUT2D eigenvalue weighted by molar-refractivity contribution is 7.22. The molecule has 1 amide bonds. The Balaban J connectivity index is 1.75. The molecule has 0 saturated heterocycles. The molecule has 4 nitrogen and oxygen atoms in total. The molecule has 0 aliphatic carbocycles. The lowest BCUT2D eigenvalue weighted by molar-refractivity contribution is 0.0983. The Bertz CT molecular complexity index is 1070. The van der Waals surface area contributed by atoms with Gasteiger partial charge in [-0.05, 0) is 60.5 Å². The van der Waals surface area contributed by atoms with Crippen molar-refractivity contribution in [3.05, 3.63) is 83.6 Å². The first kappa shape index (κ1) is 17.4. The molecule has 4 aromatic rings. The van der Waals surface area contributed by atoms with Gasteiger partial charge in [-0.3, -0.25) is 9.69 Å². The highest BCUT2D eigenvalue weighted by atomic mass is 32.1. The number of hydrogen-bond donors (Lipinski definition) is 0. The quantitative estimate of drug-likeness (QED) is 0.463. The predicted octanol–water partition coefficient (Wildman–Crippen LogP) is 5.44. The molecular formula is C21H17FN2O2S. The molecule has 0 spiro atoms. The molecule has 2 heterocycles. The third-order valence-corrected chi connectivity index (χ3v) is 5.35. The van der Waals surface area contributed by atoms with Gasteiger partial charge in [0.2, 0.25) is 0 Å². The zero-order valence-electron chi connectivity index (χ0n) is 14.7. The van der Waals surface area contributed by atoms with Gasteiger partial charge in [-0.25, -0.2) is 9.37 Å². The number of thiazole rings is 1. The van der Waals surface area contributed by atoms with Gasteiger partial charge in [-0.1, -0.05) is 24.3 Å². The first-order chi connectivity index (χ1) is 13.1. The van der Waals surface area contributed by atoms with Crippen LogP contribution in [0.4, 0.5) is 9.52 Å². The van der Waals surface area contributed by atoms with E-state index in [0.29, 0.717) is 16.5 Å². The number of nitrogens with zero attached hydrogens (tertiary/aromatic N) is 2. The Morgan fingerprint density at radius 2 is 2.00 bits per heavy atom. The molecule has 0 bridgehead atoms. The molecule has 0 N–H and O–H groups in total. The van der Waals surface area contributed by atoms with Crippen molar-refractivity contribution >= 4 is 32.6 Å². The molecule has 0 aliphatic heterocycles. The van der Waals surface area contributed by atoms with Crippen LogP contribution in [0.3, 0.4) is 0 Å². The number of halogens is 1. The van der Waals surface area contributed by atoms with Crippen molar-refractivity contribution in [2.75, 3.05) is 4.90 Å². The van der Waals surface area contributed by atoms with Gasteiger partial charge in [0.15, 0.2) is 5.13 Å². The number of aryl methyl sites for hydroxylation is 1. The Labute approximate surface area is 159 Å². The smallest absolute Gasteiger partial charge is 0.260 e. The van der Waals surface area contributed by atoms with E-state index in [1.165, 1.54) is 41.2 Å². The van der Waals surface area contributed by atoms with Crippen LogP contribution in [0.1, 0.15) is 28.6 Å². The molecule has 136 valence electrons. The Morgan fingerprint density at radius 1 is 1.19 bits per heavy atom. The number of benzene rings is 2. The van der Waals surface area contributed by atoms with Crippen molar-refractivity contribution in [1.29, 1.82) is 0 Å². The van der Waals surface area contributed by atoms with E-state index in [0.717, 1.165) is 16.6 Å². The molecule has 0 unspecified atom stereocenters. The van der Waals surface area contributed by atoms with Gasteiger partial charge in [0, 0.05) is 5.56 Å². The number of aromatic nitrogens is 1. The van der Waals surface area contributed by atoms with Gasteiger partial charge in [0.1, 0.15) is 11.6 Å². The molecule has 27 heavy (non-hydrogen) atoms. The topological polar surface area (TPSA) is 46.3 Å². The second-order valence-corrected chi connectivity index (χ2v) is 7.14. The summed E-state index contributed by atoms with van der Waals surface area (Å²) in [5, 5.41) is 0.587. The molecule has 2 aromatic carbocycles. The Kier molecular flexibility index (Phi) is 4.73. The number of fused-ring (bicyclic) bond motifs is 1. The first-order valence-electron chi connectivity index (χ1n) is 8.63. The summed E-state index contributed by atoms with van der Waals surface area (Å²) in [6.07, 6.45) is 2.51. The number of anilines is 1. The highest BCUT2D eigenvalue weighted by Crippen LogP contribution is 2.31. The number of carbonyl (C=O) groups excluding carboxylic acids is 1. The van der Waals surface area contributed by atoms with Crippen LogP contribution >= 0.6 is 11.3 Å². The third-order valence-electron chi connectivity index (χ3n) is 4.31. The molecule has 6 heteroatoms. The highest BCUT2D eigenvalue weighted by Gasteiger charge is 2.23. The maximum absolute atomic E-state index is 13.2. The minimum atomic E-state index is -0.379. The van der Waals surface area contributed by atoms with Crippen molar-refractivity contribution in [1.82, 2.24) is 4.98 Å². The van der Waals surface area contributed by atoms with Crippen molar-refractivity contribution in [3.63, 3.8) is 0 Å². The van der Waals surface area contributed by atoms with Crippen molar-refractivity contribution in [2.45, 2.75) is 19.9 Å². The molecule has 0 radical (unpaired) electrons. The maximum atomic E-state index is 13.2. The summed E-state index contributed by atoms with van der Waals surface area (Å²) >= 11 is 1.46. The molecular weight excluding hydrogens is 363 g/mol. The maximum Gasteiger partial charge on any atom is 0.260 e. The van der Waals surface area contributed by atoms with E-state index < -0.39 is 0 Å². The van der Waals surface area contributed by atoms with Crippen molar-refractivity contribution in [2.24, 2.45) is 0 Å². The monoisotopic (exact) mass is 380 g/mol. The van der Waals surface area contributed by atoms with Gasteiger partial charge in [0.25, 0.3) is 5.91 Å². The summed E-state index contributed by atoms with van der Waals surface area (Å²) in [6.45, 7) is 2.36. The lowest BCUT2D eigenvalue weighted by Crippen LogP contribution is -2.30. The summed E-state index contributed by atoms with van der Waals surface area (Å²) in [7, 11) is 0. The number of rotatable bonds is 5. The largest absolute Gasteiger partial charge is 0.467 e. The average Bonchev–Trinajstić information content (AvgIpc) is 3.34. The molecule has 4 rings (SSSR count). The summed E-state index contributed by atoms with van der Waals surface area (Å²) in [6, 6.07) is 15.2. The zero-order valence-corrected chi connectivity index (χ0v) is 15.5. The molecule has 0 aliphatic rings. The van der Waals surface area contributed by atoms with E-state index in [1.54, 1.807) is 17.2 Å². The van der Waals surface area contributed by atoms with E-state index in [9.17, 15) is 9.18 Å². The van der Waals surface area contributed by atoms with E-state index in [1.807, 2.05) is 18.2 Å². The average molecular weight is 380 g/mol. The Morgan fingerprint density at radius 3 is 2.70 bits per heavy atom. The normalized spacial score (nSPS) is 11.0. The SMILES string of the molecule is CCc1ccc2nc(N(Cc3ccco3)C(=O)c3ccc(F)cc3)sc2c1. The molecule has 2 aromatic heterocycles. The fourth-order valence-corrected chi connectivity index (χ4v) is 3.85. The van der Waals surface area contributed by atoms with E-state index in [4.69, 9.17) is 4.42 Å². The van der Waals surface area contributed by atoms with Crippen LogP contribution in [-0.4, -0.2) is 10.9 Å².